The van der Waals surface area contributed by atoms with E-state index in [2.05, 4.69) is 4.98 Å². The molecule has 0 saturated carbocycles. The average Bonchev–Trinajstić information content (AvgIpc) is 2.29. The first-order valence-corrected chi connectivity index (χ1v) is 5.21. The van der Waals surface area contributed by atoms with E-state index in [0.717, 1.165) is 5.69 Å². The molecular formula is C13H12F2N2. The molecule has 1 heterocycles. The number of pyridine rings is 1. The van der Waals surface area contributed by atoms with E-state index in [0.29, 0.717) is 5.56 Å². The molecule has 0 spiro atoms. The number of rotatable bonds is 2. The van der Waals surface area contributed by atoms with Gasteiger partial charge in [-0.05, 0) is 30.7 Å². The Labute approximate surface area is 98.1 Å². The van der Waals surface area contributed by atoms with Gasteiger partial charge in [0.15, 0.2) is 0 Å². The van der Waals surface area contributed by atoms with Gasteiger partial charge in [-0.2, -0.15) is 0 Å². The molecule has 2 aromatic rings. The van der Waals surface area contributed by atoms with Gasteiger partial charge in [-0.1, -0.05) is 12.1 Å². The molecule has 1 aromatic heterocycles. The molecule has 0 radical (unpaired) electrons. The van der Waals surface area contributed by atoms with Crippen LogP contribution in [0.3, 0.4) is 0 Å². The van der Waals surface area contributed by atoms with Crippen molar-refractivity contribution in [3.05, 3.63) is 65.0 Å². The molecule has 0 saturated heterocycles. The average molecular weight is 234 g/mol. The molecule has 1 unspecified atom stereocenters. The predicted octanol–water partition coefficient (Wildman–Crippen LogP) is 2.72. The minimum Gasteiger partial charge on any atom is -0.320 e. The highest BCUT2D eigenvalue weighted by Crippen LogP contribution is 2.24. The Hall–Kier alpha value is -1.81. The van der Waals surface area contributed by atoms with Crippen LogP contribution in [0.5, 0.6) is 0 Å². The van der Waals surface area contributed by atoms with Crippen molar-refractivity contribution in [3.63, 3.8) is 0 Å². The van der Waals surface area contributed by atoms with Gasteiger partial charge in [0.2, 0.25) is 0 Å². The van der Waals surface area contributed by atoms with Crippen molar-refractivity contribution in [1.29, 1.82) is 0 Å². The summed E-state index contributed by atoms with van der Waals surface area (Å²) in [5, 5.41) is 0. The lowest BCUT2D eigenvalue weighted by Gasteiger charge is -2.14. The topological polar surface area (TPSA) is 38.9 Å². The molecule has 2 rings (SSSR count). The van der Waals surface area contributed by atoms with E-state index < -0.39 is 17.7 Å². The van der Waals surface area contributed by atoms with Gasteiger partial charge in [-0.15, -0.1) is 0 Å². The summed E-state index contributed by atoms with van der Waals surface area (Å²) in [6, 6.07) is 6.34. The lowest BCUT2D eigenvalue weighted by molar-refractivity contribution is 0.543. The molecule has 0 amide bonds. The van der Waals surface area contributed by atoms with Crippen molar-refractivity contribution in [3.8, 4) is 0 Å². The third-order valence-electron chi connectivity index (χ3n) is 2.60. The first kappa shape index (κ1) is 11.7. The van der Waals surface area contributed by atoms with Crippen LogP contribution in [0, 0.1) is 18.6 Å². The third-order valence-corrected chi connectivity index (χ3v) is 2.60. The van der Waals surface area contributed by atoms with E-state index in [4.69, 9.17) is 5.73 Å². The standard InChI is InChI=1S/C13H12F2N2/c1-8-5-6-9(7-17-8)13(16)12-10(14)3-2-4-11(12)15/h2-7,13H,16H2,1H3. The fraction of sp³-hybridized carbons (Fsp3) is 0.154. The van der Waals surface area contributed by atoms with Gasteiger partial charge >= 0.3 is 0 Å². The fourth-order valence-corrected chi connectivity index (χ4v) is 1.64. The predicted molar refractivity (Wildman–Crippen MR) is 61.4 cm³/mol. The van der Waals surface area contributed by atoms with Crippen LogP contribution in [0.4, 0.5) is 8.78 Å². The molecule has 1 aromatic carbocycles. The maximum absolute atomic E-state index is 13.5. The highest BCUT2D eigenvalue weighted by Gasteiger charge is 2.18. The lowest BCUT2D eigenvalue weighted by Crippen LogP contribution is -2.15. The van der Waals surface area contributed by atoms with E-state index in [9.17, 15) is 8.78 Å². The summed E-state index contributed by atoms with van der Waals surface area (Å²) >= 11 is 0. The zero-order chi connectivity index (χ0) is 12.4. The normalized spacial score (nSPS) is 12.5. The van der Waals surface area contributed by atoms with E-state index >= 15 is 0 Å². The van der Waals surface area contributed by atoms with Crippen LogP contribution >= 0.6 is 0 Å². The smallest absolute Gasteiger partial charge is 0.131 e. The number of benzene rings is 1. The van der Waals surface area contributed by atoms with E-state index in [-0.39, 0.29) is 5.56 Å². The molecule has 2 N–H and O–H groups in total. The van der Waals surface area contributed by atoms with Gasteiger partial charge < -0.3 is 5.73 Å². The molecule has 0 aliphatic rings. The number of aromatic nitrogens is 1. The van der Waals surface area contributed by atoms with Gasteiger partial charge in [0.25, 0.3) is 0 Å². The molecule has 17 heavy (non-hydrogen) atoms. The second-order valence-corrected chi connectivity index (χ2v) is 3.85. The Morgan fingerprint density at radius 2 is 1.76 bits per heavy atom. The maximum atomic E-state index is 13.5. The second kappa shape index (κ2) is 4.59. The molecule has 1 atom stereocenters. The lowest BCUT2D eigenvalue weighted by atomic mass is 10.00. The van der Waals surface area contributed by atoms with Crippen molar-refractivity contribution in [2.45, 2.75) is 13.0 Å². The molecule has 0 bridgehead atoms. The first-order chi connectivity index (χ1) is 8.09. The number of halogens is 2. The molecule has 88 valence electrons. The van der Waals surface area contributed by atoms with Crippen molar-refractivity contribution < 1.29 is 8.78 Å². The van der Waals surface area contributed by atoms with Gasteiger partial charge in [-0.3, -0.25) is 4.98 Å². The Bertz CT molecular complexity index is 503. The zero-order valence-corrected chi connectivity index (χ0v) is 9.32. The number of hydrogen-bond acceptors (Lipinski definition) is 2. The Balaban J connectivity index is 2.43. The molecule has 2 nitrogen and oxygen atoms in total. The number of aryl methyl sites for hydroxylation is 1. The second-order valence-electron chi connectivity index (χ2n) is 3.85. The zero-order valence-electron chi connectivity index (χ0n) is 9.32. The van der Waals surface area contributed by atoms with Crippen LogP contribution in [0.15, 0.2) is 36.5 Å². The van der Waals surface area contributed by atoms with Crippen LogP contribution in [0.1, 0.15) is 22.9 Å². The summed E-state index contributed by atoms with van der Waals surface area (Å²) < 4.78 is 27.1. The van der Waals surface area contributed by atoms with E-state index in [1.165, 1.54) is 24.4 Å². The summed E-state index contributed by atoms with van der Waals surface area (Å²) in [7, 11) is 0. The summed E-state index contributed by atoms with van der Waals surface area (Å²) in [6.45, 7) is 1.83. The van der Waals surface area contributed by atoms with Crippen LogP contribution in [-0.2, 0) is 0 Å². The summed E-state index contributed by atoms with van der Waals surface area (Å²) in [4.78, 5) is 4.06. The summed E-state index contributed by atoms with van der Waals surface area (Å²) in [6.07, 6.45) is 1.53. The molecule has 4 heteroatoms. The quantitative estimate of drug-likeness (QED) is 0.867. The third kappa shape index (κ3) is 2.31. The van der Waals surface area contributed by atoms with Gasteiger partial charge in [-0.25, -0.2) is 8.78 Å². The van der Waals surface area contributed by atoms with E-state index in [1.54, 1.807) is 12.1 Å². The van der Waals surface area contributed by atoms with Crippen LogP contribution in [-0.4, -0.2) is 4.98 Å². The highest BCUT2D eigenvalue weighted by molar-refractivity contribution is 5.32. The van der Waals surface area contributed by atoms with Crippen molar-refractivity contribution in [2.75, 3.05) is 0 Å². The molecule has 0 fully saturated rings. The Kier molecular flexibility index (Phi) is 3.15. The Morgan fingerprint density at radius 3 is 2.29 bits per heavy atom. The monoisotopic (exact) mass is 234 g/mol. The molecule has 0 aliphatic carbocycles. The highest BCUT2D eigenvalue weighted by atomic mass is 19.1. The minimum absolute atomic E-state index is 0.127. The van der Waals surface area contributed by atoms with Crippen LogP contribution in [0.25, 0.3) is 0 Å². The number of hydrogen-bond donors (Lipinski definition) is 1. The van der Waals surface area contributed by atoms with Gasteiger partial charge in [0, 0.05) is 17.5 Å². The number of nitrogens with zero attached hydrogens (tertiary/aromatic N) is 1. The van der Waals surface area contributed by atoms with Gasteiger partial charge in [0.1, 0.15) is 11.6 Å². The van der Waals surface area contributed by atoms with Crippen molar-refractivity contribution >= 4 is 0 Å². The van der Waals surface area contributed by atoms with Crippen molar-refractivity contribution in [2.24, 2.45) is 5.73 Å². The maximum Gasteiger partial charge on any atom is 0.131 e. The van der Waals surface area contributed by atoms with Crippen molar-refractivity contribution in [1.82, 2.24) is 4.98 Å². The largest absolute Gasteiger partial charge is 0.320 e. The first-order valence-electron chi connectivity index (χ1n) is 5.21. The Morgan fingerprint density at radius 1 is 1.12 bits per heavy atom. The number of nitrogens with two attached hydrogens (primary N) is 1. The molecule has 0 aliphatic heterocycles. The summed E-state index contributed by atoms with van der Waals surface area (Å²) in [5.41, 5.74) is 7.13. The van der Waals surface area contributed by atoms with Crippen LogP contribution < -0.4 is 5.73 Å². The summed E-state index contributed by atoms with van der Waals surface area (Å²) in [5.74, 6) is -1.28. The van der Waals surface area contributed by atoms with Crippen LogP contribution in [0.2, 0.25) is 0 Å². The SMILES string of the molecule is Cc1ccc(C(N)c2c(F)cccc2F)cn1. The van der Waals surface area contributed by atoms with E-state index in [1.807, 2.05) is 6.92 Å². The molecular weight excluding hydrogens is 222 g/mol. The minimum atomic E-state index is -0.843. The van der Waals surface area contributed by atoms with Gasteiger partial charge in [0.05, 0.1) is 6.04 Å². The fourth-order valence-electron chi connectivity index (χ4n) is 1.64.